The summed E-state index contributed by atoms with van der Waals surface area (Å²) in [7, 11) is 0. The van der Waals surface area contributed by atoms with Crippen LogP contribution in [0.3, 0.4) is 0 Å². The zero-order valence-electron chi connectivity index (χ0n) is 30.6. The molecular formula is C52H37N3S. The van der Waals surface area contributed by atoms with E-state index in [0.717, 1.165) is 51.2 Å². The summed E-state index contributed by atoms with van der Waals surface area (Å²) in [4.78, 5) is 7.30. The van der Waals surface area contributed by atoms with Gasteiger partial charge in [0.15, 0.2) is 0 Å². The predicted molar refractivity (Wildman–Crippen MR) is 241 cm³/mol. The highest BCUT2D eigenvalue weighted by atomic mass is 32.1. The molecule has 0 radical (unpaired) electrons. The lowest BCUT2D eigenvalue weighted by atomic mass is 9.97. The summed E-state index contributed by atoms with van der Waals surface area (Å²) in [6, 6.07) is 80.4. The van der Waals surface area contributed by atoms with Gasteiger partial charge in [-0.15, -0.1) is 11.3 Å². The van der Waals surface area contributed by atoms with Crippen molar-refractivity contribution in [2.75, 3.05) is 14.7 Å². The molecule has 0 saturated carbocycles. The van der Waals surface area contributed by atoms with E-state index >= 15 is 0 Å². The normalized spacial score (nSPS) is 11.2. The molecule has 9 aromatic carbocycles. The number of thiophene rings is 1. The molecule has 0 aliphatic rings. The molecule has 266 valence electrons. The molecule has 0 aliphatic heterocycles. The van der Waals surface area contributed by atoms with E-state index in [1.807, 2.05) is 11.3 Å². The van der Waals surface area contributed by atoms with E-state index < -0.39 is 0 Å². The highest BCUT2D eigenvalue weighted by molar-refractivity contribution is 7.27. The van der Waals surface area contributed by atoms with Crippen molar-refractivity contribution < 1.29 is 0 Å². The maximum atomic E-state index is 2.45. The Morgan fingerprint density at radius 2 is 0.571 bits per heavy atom. The summed E-state index contributed by atoms with van der Waals surface area (Å²) in [5.74, 6) is 0. The third kappa shape index (κ3) is 5.84. The summed E-state index contributed by atoms with van der Waals surface area (Å²) < 4.78 is 2.43. The van der Waals surface area contributed by atoms with Crippen molar-refractivity contribution in [3.8, 4) is 0 Å². The Balaban J connectivity index is 1.40. The van der Waals surface area contributed by atoms with Gasteiger partial charge in [-0.3, -0.25) is 0 Å². The van der Waals surface area contributed by atoms with Crippen LogP contribution in [0.25, 0.3) is 30.9 Å². The molecule has 0 spiro atoms. The van der Waals surface area contributed by atoms with Gasteiger partial charge >= 0.3 is 0 Å². The van der Waals surface area contributed by atoms with Gasteiger partial charge in [0.05, 0.1) is 26.5 Å². The van der Waals surface area contributed by atoms with Crippen LogP contribution in [-0.4, -0.2) is 0 Å². The average molecular weight is 736 g/mol. The number of nitrogens with zero attached hydrogens (tertiary/aromatic N) is 3. The molecule has 3 nitrogen and oxygen atoms in total. The van der Waals surface area contributed by atoms with Crippen LogP contribution in [0.5, 0.6) is 0 Å². The van der Waals surface area contributed by atoms with Crippen molar-refractivity contribution in [1.82, 2.24) is 0 Å². The average Bonchev–Trinajstić information content (AvgIpc) is 3.67. The Hall–Kier alpha value is -7.14. The molecule has 0 fully saturated rings. The Labute approximate surface area is 331 Å². The van der Waals surface area contributed by atoms with Gasteiger partial charge in [0.25, 0.3) is 0 Å². The fourth-order valence-corrected chi connectivity index (χ4v) is 9.35. The highest BCUT2D eigenvalue weighted by Crippen LogP contribution is 2.57. The van der Waals surface area contributed by atoms with Gasteiger partial charge in [-0.25, -0.2) is 0 Å². The molecule has 1 aromatic heterocycles. The van der Waals surface area contributed by atoms with E-state index in [2.05, 4.69) is 239 Å². The zero-order valence-corrected chi connectivity index (χ0v) is 31.4. The lowest BCUT2D eigenvalue weighted by Crippen LogP contribution is -2.14. The van der Waals surface area contributed by atoms with Crippen molar-refractivity contribution in [1.29, 1.82) is 0 Å². The van der Waals surface area contributed by atoms with Gasteiger partial charge < -0.3 is 14.7 Å². The highest BCUT2D eigenvalue weighted by Gasteiger charge is 2.29. The predicted octanol–water partition coefficient (Wildman–Crippen LogP) is 15.6. The van der Waals surface area contributed by atoms with Crippen molar-refractivity contribution >= 4 is 93.5 Å². The lowest BCUT2D eigenvalue weighted by molar-refractivity contribution is 1.30. The molecule has 10 aromatic rings. The minimum Gasteiger partial charge on any atom is -0.309 e. The van der Waals surface area contributed by atoms with Gasteiger partial charge in [0, 0.05) is 55.7 Å². The van der Waals surface area contributed by atoms with Crippen LogP contribution in [0.15, 0.2) is 224 Å². The number of hydrogen-bond acceptors (Lipinski definition) is 4. The Bertz CT molecular complexity index is 2780. The summed E-state index contributed by atoms with van der Waals surface area (Å²) in [6.07, 6.45) is 0. The second-order valence-electron chi connectivity index (χ2n) is 13.7. The number of fused-ring (bicyclic) bond motifs is 4. The monoisotopic (exact) mass is 735 g/mol. The van der Waals surface area contributed by atoms with Crippen LogP contribution in [0, 0.1) is 0 Å². The van der Waals surface area contributed by atoms with Gasteiger partial charge in [0.1, 0.15) is 0 Å². The third-order valence-corrected chi connectivity index (χ3v) is 11.6. The first-order valence-electron chi connectivity index (χ1n) is 19.0. The molecule has 4 heteroatoms. The Kier molecular flexibility index (Phi) is 8.71. The number of anilines is 9. The second kappa shape index (κ2) is 14.6. The van der Waals surface area contributed by atoms with Gasteiger partial charge in [-0.2, -0.15) is 0 Å². The van der Waals surface area contributed by atoms with Gasteiger partial charge in [-0.1, -0.05) is 146 Å². The maximum Gasteiger partial charge on any atom is 0.0720 e. The molecular weight excluding hydrogens is 699 g/mol. The largest absolute Gasteiger partial charge is 0.309 e. The Morgan fingerprint density at radius 3 is 0.982 bits per heavy atom. The van der Waals surface area contributed by atoms with E-state index in [1.165, 1.54) is 30.9 Å². The molecule has 0 bridgehead atoms. The SMILES string of the molecule is c1ccc(N(c2ccccc2)c2cccc3c2sc2c(N(c4ccccc4)c4ccccc4)c4ccccc4c(N(c4ccccc4)c4ccccc4)c23)cc1. The fraction of sp³-hybridized carbons (Fsp3) is 0. The molecule has 0 amide bonds. The number of benzene rings is 9. The second-order valence-corrected chi connectivity index (χ2v) is 14.7. The summed E-state index contributed by atoms with van der Waals surface area (Å²) in [5, 5.41) is 4.77. The molecule has 10 rings (SSSR count). The minimum atomic E-state index is 1.10. The molecule has 0 N–H and O–H groups in total. The zero-order chi connectivity index (χ0) is 37.3. The van der Waals surface area contributed by atoms with E-state index in [-0.39, 0.29) is 0 Å². The molecule has 0 aliphatic carbocycles. The standard InChI is InChI=1S/C52H37N3S/c1-7-22-38(23-8-1)53(39-24-9-2-10-25-39)47-37-21-36-46-48-49(54(40-26-11-3-12-27-40)41-28-13-4-14-29-41)44-34-19-20-35-45(44)50(52(48)56-51(46)47)55(42-30-15-5-16-31-42)43-32-17-6-18-33-43/h1-37H. The fourth-order valence-electron chi connectivity index (χ4n) is 7.99. The molecule has 56 heavy (non-hydrogen) atoms. The first-order chi connectivity index (χ1) is 27.8. The van der Waals surface area contributed by atoms with Crippen LogP contribution in [-0.2, 0) is 0 Å². The smallest absolute Gasteiger partial charge is 0.0720 e. The van der Waals surface area contributed by atoms with Crippen LogP contribution < -0.4 is 14.7 Å². The van der Waals surface area contributed by atoms with Crippen LogP contribution in [0.2, 0.25) is 0 Å². The van der Waals surface area contributed by atoms with E-state index in [9.17, 15) is 0 Å². The van der Waals surface area contributed by atoms with Crippen LogP contribution >= 0.6 is 11.3 Å². The first-order valence-corrected chi connectivity index (χ1v) is 19.8. The first kappa shape index (κ1) is 33.4. The van der Waals surface area contributed by atoms with E-state index in [1.54, 1.807) is 0 Å². The molecule has 0 saturated heterocycles. The minimum absolute atomic E-state index is 1.10. The number of hydrogen-bond donors (Lipinski definition) is 0. The van der Waals surface area contributed by atoms with Crippen LogP contribution in [0.4, 0.5) is 51.2 Å². The number of para-hydroxylation sites is 6. The van der Waals surface area contributed by atoms with E-state index in [0.29, 0.717) is 0 Å². The van der Waals surface area contributed by atoms with Crippen molar-refractivity contribution in [3.05, 3.63) is 224 Å². The summed E-state index contributed by atoms with van der Waals surface area (Å²) in [6.45, 7) is 0. The van der Waals surface area contributed by atoms with Crippen LogP contribution in [0.1, 0.15) is 0 Å². The summed E-state index contributed by atoms with van der Waals surface area (Å²) >= 11 is 1.88. The topological polar surface area (TPSA) is 9.72 Å². The number of rotatable bonds is 9. The lowest BCUT2D eigenvalue weighted by Gasteiger charge is -2.32. The third-order valence-electron chi connectivity index (χ3n) is 10.4. The van der Waals surface area contributed by atoms with Crippen molar-refractivity contribution in [2.45, 2.75) is 0 Å². The molecule has 0 atom stereocenters. The molecule has 0 unspecified atom stereocenters. The quantitative estimate of drug-likeness (QED) is 0.137. The van der Waals surface area contributed by atoms with Gasteiger partial charge in [-0.05, 0) is 78.9 Å². The molecule has 1 heterocycles. The Morgan fingerprint density at radius 1 is 0.250 bits per heavy atom. The maximum absolute atomic E-state index is 2.45. The van der Waals surface area contributed by atoms with Crippen molar-refractivity contribution in [3.63, 3.8) is 0 Å². The van der Waals surface area contributed by atoms with Gasteiger partial charge in [0.2, 0.25) is 0 Å². The van der Waals surface area contributed by atoms with E-state index in [4.69, 9.17) is 0 Å². The summed E-state index contributed by atoms with van der Waals surface area (Å²) in [5.41, 5.74) is 10.1. The van der Waals surface area contributed by atoms with Crippen molar-refractivity contribution in [2.24, 2.45) is 0 Å².